The standard InChI is InChI=1S/C11H13Cl2N3O3/c1-11(2,3)10(17)15-14-8-4-6(12)7(13)5-9(8)16(18)19/h4-5,14H,1-3H3,(H,15,17). The first kappa shape index (κ1) is 15.5. The number of amides is 1. The van der Waals surface area contributed by atoms with Crippen LogP contribution in [0.5, 0.6) is 0 Å². The Morgan fingerprint density at radius 1 is 1.26 bits per heavy atom. The number of hydrogen-bond acceptors (Lipinski definition) is 4. The van der Waals surface area contributed by atoms with Crippen molar-refractivity contribution in [3.63, 3.8) is 0 Å². The topological polar surface area (TPSA) is 84.3 Å². The molecular formula is C11H13Cl2N3O3. The third-order valence-electron chi connectivity index (χ3n) is 2.23. The van der Waals surface area contributed by atoms with Gasteiger partial charge in [0.2, 0.25) is 5.91 Å². The van der Waals surface area contributed by atoms with Gasteiger partial charge in [0.15, 0.2) is 0 Å². The number of nitro groups is 1. The van der Waals surface area contributed by atoms with Crippen molar-refractivity contribution in [1.29, 1.82) is 0 Å². The summed E-state index contributed by atoms with van der Waals surface area (Å²) in [6, 6.07) is 2.40. The molecule has 1 aromatic rings. The highest BCUT2D eigenvalue weighted by Gasteiger charge is 2.23. The first-order valence-electron chi connectivity index (χ1n) is 5.33. The maximum atomic E-state index is 11.7. The second-order valence-corrected chi connectivity index (χ2v) is 5.68. The second kappa shape index (κ2) is 5.63. The second-order valence-electron chi connectivity index (χ2n) is 4.87. The van der Waals surface area contributed by atoms with Crippen LogP contribution >= 0.6 is 23.2 Å². The Morgan fingerprint density at radius 2 is 1.79 bits per heavy atom. The normalized spacial score (nSPS) is 11.0. The van der Waals surface area contributed by atoms with E-state index in [4.69, 9.17) is 23.2 Å². The van der Waals surface area contributed by atoms with E-state index >= 15 is 0 Å². The van der Waals surface area contributed by atoms with E-state index in [9.17, 15) is 14.9 Å². The molecule has 0 fully saturated rings. The molecule has 0 radical (unpaired) electrons. The van der Waals surface area contributed by atoms with Gasteiger partial charge in [-0.15, -0.1) is 0 Å². The minimum absolute atomic E-state index is 0.0667. The molecule has 0 heterocycles. The Hall–Kier alpha value is -1.53. The Balaban J connectivity index is 2.98. The summed E-state index contributed by atoms with van der Waals surface area (Å²) in [5.41, 5.74) is 4.04. The van der Waals surface area contributed by atoms with Gasteiger partial charge >= 0.3 is 0 Å². The Kier molecular flexibility index (Phi) is 4.60. The average Bonchev–Trinajstić information content (AvgIpc) is 2.28. The van der Waals surface area contributed by atoms with Gasteiger partial charge in [-0.05, 0) is 6.07 Å². The van der Waals surface area contributed by atoms with Gasteiger partial charge in [-0.3, -0.25) is 25.8 Å². The van der Waals surface area contributed by atoms with Crippen LogP contribution in [-0.4, -0.2) is 10.8 Å². The SMILES string of the molecule is CC(C)(C)C(=O)NNc1cc(Cl)c(Cl)cc1[N+](=O)[O-]. The van der Waals surface area contributed by atoms with Crippen LogP contribution in [0.4, 0.5) is 11.4 Å². The number of rotatable bonds is 3. The van der Waals surface area contributed by atoms with Crippen LogP contribution in [0.2, 0.25) is 10.0 Å². The number of hydrogen-bond donors (Lipinski definition) is 2. The summed E-state index contributed by atoms with van der Waals surface area (Å²) >= 11 is 11.5. The van der Waals surface area contributed by atoms with Crippen LogP contribution in [-0.2, 0) is 4.79 Å². The number of hydrazine groups is 1. The smallest absolute Gasteiger partial charge is 0.292 e. The first-order chi connectivity index (χ1) is 8.62. The van der Waals surface area contributed by atoms with Gasteiger partial charge in [0.1, 0.15) is 5.69 Å². The zero-order valence-corrected chi connectivity index (χ0v) is 12.1. The number of nitro benzene ring substituents is 1. The monoisotopic (exact) mass is 305 g/mol. The lowest BCUT2D eigenvalue weighted by molar-refractivity contribution is -0.384. The van der Waals surface area contributed by atoms with Crippen molar-refractivity contribution >= 4 is 40.5 Å². The average molecular weight is 306 g/mol. The van der Waals surface area contributed by atoms with Gasteiger partial charge in [0.25, 0.3) is 5.69 Å². The first-order valence-corrected chi connectivity index (χ1v) is 6.08. The maximum Gasteiger partial charge on any atom is 0.295 e. The van der Waals surface area contributed by atoms with Crippen molar-refractivity contribution in [2.75, 3.05) is 5.43 Å². The Bertz CT molecular complexity index is 527. The molecule has 0 aliphatic heterocycles. The van der Waals surface area contributed by atoms with Gasteiger partial charge < -0.3 is 0 Å². The maximum absolute atomic E-state index is 11.7. The number of nitrogens with one attached hydrogen (secondary N) is 2. The summed E-state index contributed by atoms with van der Waals surface area (Å²) in [6.07, 6.45) is 0. The lowest BCUT2D eigenvalue weighted by Gasteiger charge is -2.18. The molecule has 104 valence electrons. The number of halogens is 2. The molecule has 0 spiro atoms. The van der Waals surface area contributed by atoms with Crippen LogP contribution in [0.1, 0.15) is 20.8 Å². The summed E-state index contributed by atoms with van der Waals surface area (Å²) < 4.78 is 0. The summed E-state index contributed by atoms with van der Waals surface area (Å²) in [4.78, 5) is 21.9. The minimum Gasteiger partial charge on any atom is -0.292 e. The molecule has 0 saturated carbocycles. The summed E-state index contributed by atoms with van der Waals surface area (Å²) in [5, 5.41) is 11.1. The highest BCUT2D eigenvalue weighted by molar-refractivity contribution is 6.42. The predicted molar refractivity (Wildman–Crippen MR) is 74.3 cm³/mol. The molecular weight excluding hydrogens is 293 g/mol. The van der Waals surface area contributed by atoms with Crippen molar-refractivity contribution in [2.24, 2.45) is 5.41 Å². The predicted octanol–water partition coefficient (Wildman–Crippen LogP) is 3.39. The molecule has 1 rings (SSSR count). The van der Waals surface area contributed by atoms with Crippen LogP contribution in [0.15, 0.2) is 12.1 Å². The zero-order valence-electron chi connectivity index (χ0n) is 10.6. The molecule has 1 aromatic carbocycles. The highest BCUT2D eigenvalue weighted by Crippen LogP contribution is 2.33. The molecule has 8 heteroatoms. The van der Waals surface area contributed by atoms with Crippen LogP contribution < -0.4 is 10.9 Å². The van der Waals surface area contributed by atoms with E-state index in [1.807, 2.05) is 0 Å². The largest absolute Gasteiger partial charge is 0.295 e. The molecule has 0 unspecified atom stereocenters. The fraction of sp³-hybridized carbons (Fsp3) is 0.364. The van der Waals surface area contributed by atoms with E-state index in [0.717, 1.165) is 6.07 Å². The van der Waals surface area contributed by atoms with Crippen LogP contribution in [0, 0.1) is 15.5 Å². The molecule has 0 aliphatic rings. The number of benzene rings is 1. The van der Waals surface area contributed by atoms with E-state index in [2.05, 4.69) is 10.9 Å². The third kappa shape index (κ3) is 3.97. The highest BCUT2D eigenvalue weighted by atomic mass is 35.5. The van der Waals surface area contributed by atoms with Crippen LogP contribution in [0.3, 0.4) is 0 Å². The van der Waals surface area contributed by atoms with Crippen molar-refractivity contribution in [1.82, 2.24) is 5.43 Å². The molecule has 1 amide bonds. The minimum atomic E-state index is -0.627. The third-order valence-corrected chi connectivity index (χ3v) is 2.95. The van der Waals surface area contributed by atoms with Gasteiger partial charge in [-0.25, -0.2) is 0 Å². The number of nitrogens with zero attached hydrogens (tertiary/aromatic N) is 1. The van der Waals surface area contributed by atoms with E-state index in [-0.39, 0.29) is 27.3 Å². The van der Waals surface area contributed by atoms with E-state index in [1.165, 1.54) is 6.07 Å². The van der Waals surface area contributed by atoms with E-state index < -0.39 is 10.3 Å². The number of carbonyl (C=O) groups is 1. The van der Waals surface area contributed by atoms with Crippen molar-refractivity contribution < 1.29 is 9.72 Å². The van der Waals surface area contributed by atoms with Crippen molar-refractivity contribution in [3.05, 3.63) is 32.3 Å². The molecule has 0 atom stereocenters. The molecule has 6 nitrogen and oxygen atoms in total. The molecule has 0 saturated heterocycles. The van der Waals surface area contributed by atoms with Crippen molar-refractivity contribution in [3.8, 4) is 0 Å². The summed E-state index contributed by atoms with van der Waals surface area (Å²) in [6.45, 7) is 5.15. The van der Waals surface area contributed by atoms with E-state index in [1.54, 1.807) is 20.8 Å². The number of anilines is 1. The lowest BCUT2D eigenvalue weighted by Crippen LogP contribution is -2.38. The lowest BCUT2D eigenvalue weighted by atomic mass is 9.96. The van der Waals surface area contributed by atoms with Gasteiger partial charge in [-0.2, -0.15) is 0 Å². The van der Waals surface area contributed by atoms with Crippen LogP contribution in [0.25, 0.3) is 0 Å². The molecule has 19 heavy (non-hydrogen) atoms. The Morgan fingerprint density at radius 3 is 2.26 bits per heavy atom. The van der Waals surface area contributed by atoms with Gasteiger partial charge in [0, 0.05) is 11.5 Å². The van der Waals surface area contributed by atoms with Gasteiger partial charge in [0.05, 0.1) is 15.0 Å². The Labute approximate surface area is 120 Å². The zero-order chi connectivity index (χ0) is 14.8. The molecule has 0 aliphatic carbocycles. The van der Waals surface area contributed by atoms with E-state index in [0.29, 0.717) is 0 Å². The summed E-state index contributed by atoms with van der Waals surface area (Å²) in [7, 11) is 0. The summed E-state index contributed by atoms with van der Waals surface area (Å²) in [5.74, 6) is -0.312. The molecule has 0 bridgehead atoms. The molecule has 2 N–H and O–H groups in total. The fourth-order valence-corrected chi connectivity index (χ4v) is 1.42. The van der Waals surface area contributed by atoms with Gasteiger partial charge in [-0.1, -0.05) is 44.0 Å². The van der Waals surface area contributed by atoms with Crippen molar-refractivity contribution in [2.45, 2.75) is 20.8 Å². The molecule has 0 aromatic heterocycles. The fourth-order valence-electron chi connectivity index (χ4n) is 1.10. The number of carbonyl (C=O) groups excluding carboxylic acids is 1. The quantitative estimate of drug-likeness (QED) is 0.662.